The molecule has 1 aromatic heterocycles. The largest absolute Gasteiger partial charge is 0.384 e. The van der Waals surface area contributed by atoms with Crippen molar-refractivity contribution in [1.29, 1.82) is 0 Å². The molecule has 0 aliphatic heterocycles. The van der Waals surface area contributed by atoms with Gasteiger partial charge in [0.05, 0.1) is 0 Å². The molecule has 0 saturated heterocycles. The first-order chi connectivity index (χ1) is 7.75. The van der Waals surface area contributed by atoms with Crippen molar-refractivity contribution in [2.45, 2.75) is 25.9 Å². The average molecular weight is 218 g/mol. The second-order valence-electron chi connectivity index (χ2n) is 3.71. The van der Waals surface area contributed by atoms with Gasteiger partial charge in [0, 0.05) is 6.42 Å². The summed E-state index contributed by atoms with van der Waals surface area (Å²) in [7, 11) is 0. The van der Waals surface area contributed by atoms with E-state index in [1.165, 1.54) is 5.56 Å². The summed E-state index contributed by atoms with van der Waals surface area (Å²) in [6.45, 7) is 1.61. The minimum Gasteiger partial charge on any atom is -0.384 e. The van der Waals surface area contributed by atoms with Gasteiger partial charge in [0.1, 0.15) is 6.10 Å². The van der Waals surface area contributed by atoms with Crippen LogP contribution in [0.25, 0.3) is 0 Å². The zero-order valence-electron chi connectivity index (χ0n) is 9.13. The number of aliphatic hydroxyl groups excluding tert-OH is 1. The highest BCUT2D eigenvalue weighted by Crippen LogP contribution is 2.10. The Kier molecular flexibility index (Phi) is 3.31. The van der Waals surface area contributed by atoms with E-state index in [0.717, 1.165) is 12.8 Å². The molecule has 1 atom stereocenters. The van der Waals surface area contributed by atoms with E-state index in [1.54, 1.807) is 6.92 Å². The van der Waals surface area contributed by atoms with Crippen LogP contribution in [0.4, 0.5) is 0 Å². The Morgan fingerprint density at radius 3 is 2.62 bits per heavy atom. The van der Waals surface area contributed by atoms with Crippen LogP contribution in [-0.2, 0) is 12.8 Å². The number of nitrogens with zero attached hydrogens (tertiary/aromatic N) is 2. The number of aromatic nitrogens is 2. The predicted molar refractivity (Wildman–Crippen MR) is 58.8 cm³/mol. The Morgan fingerprint density at radius 1 is 1.25 bits per heavy atom. The van der Waals surface area contributed by atoms with Crippen LogP contribution < -0.4 is 0 Å². The summed E-state index contributed by atoms with van der Waals surface area (Å²) in [5.74, 6) is 0.919. The first-order valence-electron chi connectivity index (χ1n) is 5.30. The van der Waals surface area contributed by atoms with E-state index in [-0.39, 0.29) is 5.89 Å². The van der Waals surface area contributed by atoms with E-state index in [9.17, 15) is 5.11 Å². The maximum Gasteiger partial charge on any atom is 0.255 e. The summed E-state index contributed by atoms with van der Waals surface area (Å²) in [5.41, 5.74) is 1.24. The molecule has 0 unspecified atom stereocenters. The van der Waals surface area contributed by atoms with Crippen LogP contribution >= 0.6 is 0 Å². The number of benzene rings is 1. The zero-order chi connectivity index (χ0) is 11.4. The SMILES string of the molecule is C[C@H](O)c1nc(CCc2ccccc2)no1. The summed E-state index contributed by atoms with van der Waals surface area (Å²) in [6.07, 6.45) is 0.901. The van der Waals surface area contributed by atoms with Gasteiger partial charge in [-0.2, -0.15) is 4.98 Å². The van der Waals surface area contributed by atoms with Crippen LogP contribution in [0.2, 0.25) is 0 Å². The van der Waals surface area contributed by atoms with Gasteiger partial charge < -0.3 is 9.63 Å². The molecule has 0 spiro atoms. The molecule has 2 aromatic rings. The second kappa shape index (κ2) is 4.90. The standard InChI is InChI=1S/C12H14N2O2/c1-9(15)12-13-11(14-16-12)8-7-10-5-3-2-4-6-10/h2-6,9,15H,7-8H2,1H3/t9-/m0/s1. The number of aryl methyl sites for hydroxylation is 2. The molecule has 0 amide bonds. The van der Waals surface area contributed by atoms with E-state index in [2.05, 4.69) is 22.3 Å². The lowest BCUT2D eigenvalue weighted by Gasteiger charge is -1.96. The van der Waals surface area contributed by atoms with Crippen molar-refractivity contribution in [3.05, 3.63) is 47.6 Å². The van der Waals surface area contributed by atoms with Crippen molar-refractivity contribution in [3.63, 3.8) is 0 Å². The lowest BCUT2D eigenvalue weighted by atomic mass is 10.1. The Hall–Kier alpha value is -1.68. The van der Waals surface area contributed by atoms with Gasteiger partial charge in [0.2, 0.25) is 0 Å². The fourth-order valence-electron chi connectivity index (χ4n) is 1.44. The summed E-state index contributed by atoms with van der Waals surface area (Å²) < 4.78 is 4.90. The molecule has 1 N–H and O–H groups in total. The molecule has 2 rings (SSSR count). The summed E-state index contributed by atoms with van der Waals surface area (Å²) in [5, 5.41) is 13.0. The van der Waals surface area contributed by atoms with Crippen molar-refractivity contribution in [3.8, 4) is 0 Å². The topological polar surface area (TPSA) is 59.2 Å². The monoisotopic (exact) mass is 218 g/mol. The Balaban J connectivity index is 1.95. The number of aliphatic hydroxyl groups is 1. The van der Waals surface area contributed by atoms with Gasteiger partial charge in [-0.3, -0.25) is 0 Å². The quantitative estimate of drug-likeness (QED) is 0.851. The maximum absolute atomic E-state index is 9.23. The van der Waals surface area contributed by atoms with Gasteiger partial charge >= 0.3 is 0 Å². The van der Waals surface area contributed by atoms with Gasteiger partial charge in [-0.1, -0.05) is 35.5 Å². The van der Waals surface area contributed by atoms with Crippen molar-refractivity contribution in [2.75, 3.05) is 0 Å². The van der Waals surface area contributed by atoms with Crippen molar-refractivity contribution in [1.82, 2.24) is 10.1 Å². The Bertz CT molecular complexity index is 437. The van der Waals surface area contributed by atoms with Crippen LogP contribution in [0, 0.1) is 0 Å². The first-order valence-corrected chi connectivity index (χ1v) is 5.30. The molecule has 0 aliphatic carbocycles. The highest BCUT2D eigenvalue weighted by molar-refractivity contribution is 5.15. The number of rotatable bonds is 4. The van der Waals surface area contributed by atoms with Gasteiger partial charge in [-0.25, -0.2) is 0 Å². The van der Waals surface area contributed by atoms with E-state index in [1.807, 2.05) is 18.2 Å². The fraction of sp³-hybridized carbons (Fsp3) is 0.333. The number of hydrogen-bond donors (Lipinski definition) is 1. The van der Waals surface area contributed by atoms with Crippen LogP contribution in [0.15, 0.2) is 34.9 Å². The summed E-state index contributed by atoms with van der Waals surface area (Å²) in [6, 6.07) is 10.1. The fourth-order valence-corrected chi connectivity index (χ4v) is 1.44. The first kappa shape index (κ1) is 10.8. The second-order valence-corrected chi connectivity index (χ2v) is 3.71. The van der Waals surface area contributed by atoms with Gasteiger partial charge in [-0.15, -0.1) is 0 Å². The van der Waals surface area contributed by atoms with Crippen LogP contribution in [0.3, 0.4) is 0 Å². The molecule has 0 saturated carbocycles. The molecule has 4 heteroatoms. The highest BCUT2D eigenvalue weighted by atomic mass is 16.5. The third-order valence-corrected chi connectivity index (χ3v) is 2.32. The Morgan fingerprint density at radius 2 is 2.00 bits per heavy atom. The molecular formula is C12H14N2O2. The molecule has 1 aromatic carbocycles. The predicted octanol–water partition coefficient (Wildman–Crippen LogP) is 1.91. The smallest absolute Gasteiger partial charge is 0.255 e. The molecule has 1 heterocycles. The van der Waals surface area contributed by atoms with Crippen molar-refractivity contribution in [2.24, 2.45) is 0 Å². The summed E-state index contributed by atoms with van der Waals surface area (Å²) >= 11 is 0. The van der Waals surface area contributed by atoms with Crippen LogP contribution in [0.1, 0.15) is 30.3 Å². The average Bonchev–Trinajstić information content (AvgIpc) is 2.76. The molecular weight excluding hydrogens is 204 g/mol. The van der Waals surface area contributed by atoms with E-state index in [0.29, 0.717) is 5.82 Å². The minimum absolute atomic E-state index is 0.281. The Labute approximate surface area is 93.9 Å². The van der Waals surface area contributed by atoms with Crippen LogP contribution in [0.5, 0.6) is 0 Å². The van der Waals surface area contributed by atoms with Crippen molar-refractivity contribution >= 4 is 0 Å². The molecule has 0 radical (unpaired) electrons. The minimum atomic E-state index is -0.696. The molecule has 0 aliphatic rings. The molecule has 84 valence electrons. The lowest BCUT2D eigenvalue weighted by Crippen LogP contribution is -1.95. The summed E-state index contributed by atoms with van der Waals surface area (Å²) in [4.78, 5) is 4.10. The highest BCUT2D eigenvalue weighted by Gasteiger charge is 2.10. The van der Waals surface area contributed by atoms with Gasteiger partial charge in [-0.05, 0) is 18.9 Å². The van der Waals surface area contributed by atoms with E-state index < -0.39 is 6.10 Å². The third kappa shape index (κ3) is 2.67. The third-order valence-electron chi connectivity index (χ3n) is 2.32. The molecule has 0 fully saturated rings. The van der Waals surface area contributed by atoms with Crippen molar-refractivity contribution < 1.29 is 9.63 Å². The lowest BCUT2D eigenvalue weighted by molar-refractivity contribution is 0.151. The number of hydrogen-bond acceptors (Lipinski definition) is 4. The van der Waals surface area contributed by atoms with Crippen LogP contribution in [-0.4, -0.2) is 15.2 Å². The van der Waals surface area contributed by atoms with Gasteiger partial charge in [0.25, 0.3) is 5.89 Å². The molecule has 16 heavy (non-hydrogen) atoms. The zero-order valence-corrected chi connectivity index (χ0v) is 9.13. The maximum atomic E-state index is 9.23. The van der Waals surface area contributed by atoms with Gasteiger partial charge in [0.15, 0.2) is 5.82 Å². The normalized spacial score (nSPS) is 12.6. The molecule has 4 nitrogen and oxygen atoms in total. The van der Waals surface area contributed by atoms with E-state index in [4.69, 9.17) is 4.52 Å². The molecule has 0 bridgehead atoms. The van der Waals surface area contributed by atoms with E-state index >= 15 is 0 Å².